The fraction of sp³-hybridized carbons (Fsp3) is 0.111. The van der Waals surface area contributed by atoms with Gasteiger partial charge in [0.15, 0.2) is 0 Å². The number of methoxy groups -OCH3 is 1. The highest BCUT2D eigenvalue weighted by molar-refractivity contribution is 5.97. The molecule has 1 aliphatic rings. The van der Waals surface area contributed by atoms with Crippen molar-refractivity contribution in [2.24, 2.45) is 0 Å². The van der Waals surface area contributed by atoms with Crippen LogP contribution in [0.5, 0.6) is 5.75 Å². The topological polar surface area (TPSA) is 18.5 Å². The van der Waals surface area contributed by atoms with E-state index in [1.165, 1.54) is 44.5 Å². The molecule has 0 amide bonds. The first kappa shape index (κ1) is 17.7. The number of fused-ring (bicyclic) bond motifs is 1. The van der Waals surface area contributed by atoms with Crippen molar-refractivity contribution in [3.8, 4) is 39.1 Å². The summed E-state index contributed by atoms with van der Waals surface area (Å²) in [6, 6.07) is 31.9. The molecule has 0 atom stereocenters. The molecule has 0 aromatic heterocycles. The van der Waals surface area contributed by atoms with E-state index < -0.39 is 0 Å². The number of ether oxygens (including phenoxy) is 2. The molecule has 29 heavy (non-hydrogen) atoms. The van der Waals surface area contributed by atoms with E-state index in [0.717, 1.165) is 5.75 Å². The highest BCUT2D eigenvalue weighted by atomic mass is 16.5. The van der Waals surface area contributed by atoms with E-state index in [1.807, 2.05) is 12.1 Å². The third kappa shape index (κ3) is 3.22. The van der Waals surface area contributed by atoms with E-state index in [2.05, 4.69) is 78.9 Å². The van der Waals surface area contributed by atoms with E-state index in [-0.39, 0.29) is 0 Å². The Bertz CT molecular complexity index is 1130. The van der Waals surface area contributed by atoms with E-state index in [4.69, 9.17) is 9.47 Å². The molecule has 142 valence electrons. The number of hydrogen-bond acceptors (Lipinski definition) is 2. The molecule has 4 aromatic carbocycles. The Kier molecular flexibility index (Phi) is 4.63. The first-order chi connectivity index (χ1) is 14.3. The monoisotopic (exact) mass is 378 g/mol. The molecule has 0 fully saturated rings. The molecule has 0 saturated carbocycles. The molecule has 5 rings (SSSR count). The van der Waals surface area contributed by atoms with Gasteiger partial charge < -0.3 is 9.47 Å². The van der Waals surface area contributed by atoms with E-state index in [0.29, 0.717) is 13.2 Å². The molecule has 0 aliphatic carbocycles. The zero-order valence-corrected chi connectivity index (χ0v) is 16.4. The molecular weight excluding hydrogens is 356 g/mol. The largest absolute Gasteiger partial charge is 0.497 e. The Balaban J connectivity index is 1.85. The normalized spacial score (nSPS) is 12.6. The van der Waals surface area contributed by atoms with Gasteiger partial charge >= 0.3 is 0 Å². The van der Waals surface area contributed by atoms with Gasteiger partial charge in [0.1, 0.15) is 5.75 Å². The lowest BCUT2D eigenvalue weighted by Crippen LogP contribution is -1.97. The summed E-state index contributed by atoms with van der Waals surface area (Å²) in [6.07, 6.45) is 0. The first-order valence-corrected chi connectivity index (χ1v) is 9.87. The summed E-state index contributed by atoms with van der Waals surface area (Å²) in [6.45, 7) is 1.30. The second kappa shape index (κ2) is 7.57. The molecule has 1 heterocycles. The van der Waals surface area contributed by atoms with Crippen LogP contribution >= 0.6 is 0 Å². The maximum Gasteiger partial charge on any atom is 0.118 e. The highest BCUT2D eigenvalue weighted by Gasteiger charge is 2.24. The molecule has 1 aliphatic heterocycles. The van der Waals surface area contributed by atoms with Crippen molar-refractivity contribution in [2.45, 2.75) is 13.2 Å². The number of rotatable bonds is 4. The van der Waals surface area contributed by atoms with Crippen LogP contribution in [0.4, 0.5) is 0 Å². The standard InChI is InChI=1S/C27H22O2/c1-28-23-14-12-21(13-15-23)27-25-18-29-17-22(25)16-24(19-8-4-2-5-9-19)26(27)20-10-6-3-7-11-20/h2-16H,17-18H2,1H3. The summed E-state index contributed by atoms with van der Waals surface area (Å²) < 4.78 is 11.3. The number of benzene rings is 4. The molecular formula is C27H22O2. The van der Waals surface area contributed by atoms with Gasteiger partial charge in [-0.25, -0.2) is 0 Å². The lowest BCUT2D eigenvalue weighted by Gasteiger charge is -2.20. The second-order valence-corrected chi connectivity index (χ2v) is 7.27. The van der Waals surface area contributed by atoms with Crippen LogP contribution in [0.2, 0.25) is 0 Å². The van der Waals surface area contributed by atoms with Gasteiger partial charge in [-0.2, -0.15) is 0 Å². The predicted octanol–water partition coefficient (Wildman–Crippen LogP) is 6.73. The van der Waals surface area contributed by atoms with E-state index in [1.54, 1.807) is 7.11 Å². The average molecular weight is 378 g/mol. The molecule has 0 bridgehead atoms. The van der Waals surface area contributed by atoms with Crippen LogP contribution in [0, 0.1) is 0 Å². The summed E-state index contributed by atoms with van der Waals surface area (Å²) in [7, 11) is 1.70. The first-order valence-electron chi connectivity index (χ1n) is 9.87. The van der Waals surface area contributed by atoms with Crippen LogP contribution < -0.4 is 4.74 Å². The van der Waals surface area contributed by atoms with Gasteiger partial charge in [-0.3, -0.25) is 0 Å². The molecule has 0 saturated heterocycles. The van der Waals surface area contributed by atoms with Gasteiger partial charge in [-0.1, -0.05) is 72.8 Å². The smallest absolute Gasteiger partial charge is 0.118 e. The third-order valence-corrected chi connectivity index (χ3v) is 5.56. The Hall–Kier alpha value is -3.36. The molecule has 2 nitrogen and oxygen atoms in total. The van der Waals surface area contributed by atoms with E-state index in [9.17, 15) is 0 Å². The average Bonchev–Trinajstić information content (AvgIpc) is 3.27. The highest BCUT2D eigenvalue weighted by Crippen LogP contribution is 2.45. The van der Waals surface area contributed by atoms with Crippen LogP contribution in [-0.2, 0) is 18.0 Å². The fourth-order valence-electron chi connectivity index (χ4n) is 4.16. The Labute approximate surface area is 171 Å². The summed E-state index contributed by atoms with van der Waals surface area (Å²) in [5.74, 6) is 0.863. The predicted molar refractivity (Wildman–Crippen MR) is 118 cm³/mol. The zero-order valence-electron chi connectivity index (χ0n) is 16.4. The van der Waals surface area contributed by atoms with Crippen LogP contribution in [0.25, 0.3) is 33.4 Å². The Morgan fingerprint density at radius 1 is 0.655 bits per heavy atom. The minimum Gasteiger partial charge on any atom is -0.497 e. The molecule has 2 heteroatoms. The van der Waals surface area contributed by atoms with Gasteiger partial charge in [0, 0.05) is 0 Å². The maximum absolute atomic E-state index is 5.88. The molecule has 0 unspecified atom stereocenters. The Morgan fingerprint density at radius 3 is 1.93 bits per heavy atom. The van der Waals surface area contributed by atoms with Gasteiger partial charge in [0.2, 0.25) is 0 Å². The van der Waals surface area contributed by atoms with Crippen LogP contribution in [0.1, 0.15) is 11.1 Å². The van der Waals surface area contributed by atoms with Crippen molar-refractivity contribution in [3.63, 3.8) is 0 Å². The van der Waals surface area contributed by atoms with Gasteiger partial charge in [-0.15, -0.1) is 0 Å². The summed E-state index contributed by atoms with van der Waals surface area (Å²) >= 11 is 0. The minimum absolute atomic E-state index is 0.644. The van der Waals surface area contributed by atoms with Crippen molar-refractivity contribution in [1.82, 2.24) is 0 Å². The lowest BCUT2D eigenvalue weighted by molar-refractivity contribution is 0.134. The minimum atomic E-state index is 0.644. The van der Waals surface area contributed by atoms with Crippen molar-refractivity contribution >= 4 is 0 Å². The maximum atomic E-state index is 5.88. The van der Waals surface area contributed by atoms with Crippen LogP contribution in [-0.4, -0.2) is 7.11 Å². The van der Waals surface area contributed by atoms with E-state index >= 15 is 0 Å². The molecule has 0 spiro atoms. The quantitative estimate of drug-likeness (QED) is 0.392. The van der Waals surface area contributed by atoms with Gasteiger partial charge in [-0.05, 0) is 62.7 Å². The molecule has 4 aromatic rings. The van der Waals surface area contributed by atoms with Crippen LogP contribution in [0.3, 0.4) is 0 Å². The van der Waals surface area contributed by atoms with Crippen molar-refractivity contribution in [3.05, 3.63) is 102 Å². The molecule has 0 radical (unpaired) electrons. The van der Waals surface area contributed by atoms with Crippen molar-refractivity contribution in [2.75, 3.05) is 7.11 Å². The molecule has 0 N–H and O–H groups in total. The summed E-state index contributed by atoms with van der Waals surface area (Å²) in [5, 5.41) is 0. The van der Waals surface area contributed by atoms with Crippen molar-refractivity contribution in [1.29, 1.82) is 0 Å². The summed E-state index contributed by atoms with van der Waals surface area (Å²) in [5.41, 5.74) is 9.93. The van der Waals surface area contributed by atoms with Gasteiger partial charge in [0.25, 0.3) is 0 Å². The second-order valence-electron chi connectivity index (χ2n) is 7.27. The Morgan fingerprint density at radius 2 is 1.28 bits per heavy atom. The third-order valence-electron chi connectivity index (χ3n) is 5.56. The zero-order chi connectivity index (χ0) is 19.6. The van der Waals surface area contributed by atoms with Crippen molar-refractivity contribution < 1.29 is 9.47 Å². The van der Waals surface area contributed by atoms with Gasteiger partial charge in [0.05, 0.1) is 20.3 Å². The lowest BCUT2D eigenvalue weighted by atomic mass is 9.83. The number of hydrogen-bond donors (Lipinski definition) is 0. The SMILES string of the molecule is COc1ccc(-c2c3c(cc(-c4ccccc4)c2-c2ccccc2)COC3)cc1. The van der Waals surface area contributed by atoms with Crippen LogP contribution in [0.15, 0.2) is 91.0 Å². The fourth-order valence-corrected chi connectivity index (χ4v) is 4.16. The summed E-state index contributed by atoms with van der Waals surface area (Å²) in [4.78, 5) is 0.